The van der Waals surface area contributed by atoms with Gasteiger partial charge < -0.3 is 15.4 Å². The second kappa shape index (κ2) is 11.2. The van der Waals surface area contributed by atoms with Crippen molar-refractivity contribution in [3.05, 3.63) is 96.5 Å². The molecule has 0 fully saturated rings. The number of pyridine rings is 2. The summed E-state index contributed by atoms with van der Waals surface area (Å²) in [4.78, 5) is 37.6. The van der Waals surface area contributed by atoms with Gasteiger partial charge in [-0.2, -0.15) is 0 Å². The summed E-state index contributed by atoms with van der Waals surface area (Å²) in [6.45, 7) is 4.01. The highest BCUT2D eigenvalue weighted by Gasteiger charge is 2.17. The molecule has 0 bridgehead atoms. The lowest BCUT2D eigenvalue weighted by Crippen LogP contribution is -2.22. The summed E-state index contributed by atoms with van der Waals surface area (Å²) in [6.07, 6.45) is 5.01. The smallest absolute Gasteiger partial charge is 0.326 e. The van der Waals surface area contributed by atoms with Gasteiger partial charge in [0.25, 0.3) is 5.91 Å². The number of fused-ring (bicyclic) bond motifs is 1. The van der Waals surface area contributed by atoms with Gasteiger partial charge in [0.2, 0.25) is 5.95 Å². The molecule has 202 valence electrons. The van der Waals surface area contributed by atoms with Gasteiger partial charge in [-0.25, -0.2) is 14.2 Å². The van der Waals surface area contributed by atoms with E-state index in [2.05, 4.69) is 30.9 Å². The molecule has 0 aliphatic rings. The van der Waals surface area contributed by atoms with Gasteiger partial charge in [-0.05, 0) is 48.4 Å². The Bertz CT molecular complexity index is 1720. The molecule has 0 aliphatic heterocycles. The van der Waals surface area contributed by atoms with Gasteiger partial charge in [-0.3, -0.25) is 24.6 Å². The van der Waals surface area contributed by atoms with Crippen molar-refractivity contribution in [1.82, 2.24) is 24.8 Å². The standard InChI is InChI=1S/C29H26FN7O3/c1-17(2)26-16-37(19-6-8-23-18(13-19)5-4-11-32-23)28(34-26)36-29(39)35-24-9-7-20(14-22(24)30)40-21-10-12-33-25(15-21)27(38)31-3/h4-17H,1-3H3,(H,31,38)(H2,34,35,36,39). The Labute approximate surface area is 229 Å². The topological polar surface area (TPSA) is 123 Å². The van der Waals surface area contributed by atoms with Crippen molar-refractivity contribution in [3.8, 4) is 17.2 Å². The molecule has 3 heterocycles. The molecule has 40 heavy (non-hydrogen) atoms. The fourth-order valence-electron chi connectivity index (χ4n) is 3.95. The van der Waals surface area contributed by atoms with Gasteiger partial charge in [-0.1, -0.05) is 19.9 Å². The van der Waals surface area contributed by atoms with E-state index < -0.39 is 11.8 Å². The van der Waals surface area contributed by atoms with Crippen LogP contribution in [0.3, 0.4) is 0 Å². The van der Waals surface area contributed by atoms with Crippen LogP contribution < -0.4 is 20.7 Å². The minimum atomic E-state index is -0.707. The van der Waals surface area contributed by atoms with Crippen molar-refractivity contribution in [1.29, 1.82) is 0 Å². The van der Waals surface area contributed by atoms with E-state index in [1.54, 1.807) is 16.8 Å². The fraction of sp³-hybridized carbons (Fsp3) is 0.138. The van der Waals surface area contributed by atoms with Crippen LogP contribution in [0.4, 0.5) is 20.8 Å². The van der Waals surface area contributed by atoms with Crippen LogP contribution in [0.1, 0.15) is 35.9 Å². The predicted molar refractivity (Wildman–Crippen MR) is 150 cm³/mol. The van der Waals surface area contributed by atoms with Gasteiger partial charge >= 0.3 is 6.03 Å². The Hall–Kier alpha value is -5.32. The Morgan fingerprint density at radius 1 is 0.950 bits per heavy atom. The molecule has 0 aliphatic carbocycles. The van der Waals surface area contributed by atoms with Crippen molar-refractivity contribution in [2.75, 3.05) is 17.7 Å². The minimum absolute atomic E-state index is 0.0513. The number of imidazole rings is 1. The third kappa shape index (κ3) is 5.73. The molecule has 0 spiro atoms. The van der Waals surface area contributed by atoms with Crippen molar-refractivity contribution >= 4 is 34.5 Å². The zero-order valence-corrected chi connectivity index (χ0v) is 22.0. The van der Waals surface area contributed by atoms with E-state index in [0.29, 0.717) is 5.75 Å². The third-order valence-corrected chi connectivity index (χ3v) is 6.02. The number of anilines is 2. The van der Waals surface area contributed by atoms with Gasteiger partial charge in [0, 0.05) is 48.8 Å². The van der Waals surface area contributed by atoms with E-state index in [4.69, 9.17) is 4.74 Å². The summed E-state index contributed by atoms with van der Waals surface area (Å²) in [5.74, 6) is -0.189. The number of rotatable bonds is 7. The van der Waals surface area contributed by atoms with Crippen molar-refractivity contribution in [2.45, 2.75) is 19.8 Å². The summed E-state index contributed by atoms with van der Waals surface area (Å²) in [7, 11) is 1.49. The van der Waals surface area contributed by atoms with Crippen LogP contribution in [-0.2, 0) is 0 Å². The second-order valence-electron chi connectivity index (χ2n) is 9.17. The average molecular weight is 540 g/mol. The number of aromatic nitrogens is 4. The van der Waals surface area contributed by atoms with Gasteiger partial charge in [0.1, 0.15) is 23.0 Å². The number of carbonyl (C=O) groups is 2. The molecule has 0 saturated carbocycles. The molecule has 3 amide bonds. The molecule has 5 aromatic rings. The van der Waals surface area contributed by atoms with Gasteiger partial charge in [0.05, 0.1) is 16.9 Å². The summed E-state index contributed by atoms with van der Waals surface area (Å²) in [5.41, 5.74) is 2.53. The van der Waals surface area contributed by atoms with Gasteiger partial charge in [0.15, 0.2) is 0 Å². The van der Waals surface area contributed by atoms with Crippen LogP contribution >= 0.6 is 0 Å². The number of nitrogens with one attached hydrogen (secondary N) is 3. The second-order valence-corrected chi connectivity index (χ2v) is 9.17. The molecule has 11 heteroatoms. The highest BCUT2D eigenvalue weighted by molar-refractivity contribution is 5.99. The Morgan fingerprint density at radius 2 is 1.77 bits per heavy atom. The van der Waals surface area contributed by atoms with Crippen LogP contribution in [0.5, 0.6) is 11.5 Å². The quantitative estimate of drug-likeness (QED) is 0.238. The largest absolute Gasteiger partial charge is 0.457 e. The van der Waals surface area contributed by atoms with Crippen LogP contribution in [0.2, 0.25) is 0 Å². The first-order valence-corrected chi connectivity index (χ1v) is 12.5. The van der Waals surface area contributed by atoms with Crippen LogP contribution in [0.15, 0.2) is 79.3 Å². The number of ether oxygens (including phenoxy) is 1. The summed E-state index contributed by atoms with van der Waals surface area (Å²) in [6, 6.07) is 15.9. The van der Waals surface area contributed by atoms with Gasteiger partial charge in [-0.15, -0.1) is 0 Å². The fourth-order valence-corrected chi connectivity index (χ4v) is 3.95. The molecule has 0 atom stereocenters. The first-order valence-electron chi connectivity index (χ1n) is 12.5. The lowest BCUT2D eigenvalue weighted by Gasteiger charge is -2.12. The third-order valence-electron chi connectivity index (χ3n) is 6.02. The molecule has 10 nitrogen and oxygen atoms in total. The molecule has 0 unspecified atom stereocenters. The zero-order valence-electron chi connectivity index (χ0n) is 22.0. The SMILES string of the molecule is CNC(=O)c1cc(Oc2ccc(NC(=O)Nc3nc(C(C)C)cn3-c3ccc4ncccc4c3)c(F)c2)ccn1. The predicted octanol–water partition coefficient (Wildman–Crippen LogP) is 5.87. The van der Waals surface area contributed by atoms with E-state index in [9.17, 15) is 14.0 Å². The molecular formula is C29H26FN7O3. The first kappa shape index (κ1) is 26.3. The molecule has 2 aromatic carbocycles. The van der Waals surface area contributed by atoms with Crippen LogP contribution in [0, 0.1) is 5.82 Å². The Kier molecular flexibility index (Phi) is 7.36. The van der Waals surface area contributed by atoms with Crippen LogP contribution in [0.25, 0.3) is 16.6 Å². The molecule has 5 rings (SSSR count). The number of benzene rings is 2. The number of carbonyl (C=O) groups excluding carboxylic acids is 2. The molecule has 0 radical (unpaired) electrons. The highest BCUT2D eigenvalue weighted by Crippen LogP contribution is 2.27. The number of halogens is 1. The van der Waals surface area contributed by atoms with Crippen molar-refractivity contribution in [3.63, 3.8) is 0 Å². The maximum atomic E-state index is 14.9. The number of amides is 3. The monoisotopic (exact) mass is 539 g/mol. The van der Waals surface area contributed by atoms with E-state index >= 15 is 0 Å². The van der Waals surface area contributed by atoms with E-state index in [1.807, 2.05) is 50.4 Å². The lowest BCUT2D eigenvalue weighted by molar-refractivity contribution is 0.0957. The Morgan fingerprint density at radius 3 is 2.55 bits per heavy atom. The van der Waals surface area contributed by atoms with Crippen molar-refractivity contribution < 1.29 is 18.7 Å². The highest BCUT2D eigenvalue weighted by atomic mass is 19.1. The van der Waals surface area contributed by atoms with Crippen LogP contribution in [-0.4, -0.2) is 38.5 Å². The first-order chi connectivity index (χ1) is 19.3. The number of hydrogen-bond acceptors (Lipinski definition) is 6. The van der Waals surface area contributed by atoms with Crippen molar-refractivity contribution in [2.24, 2.45) is 0 Å². The van der Waals surface area contributed by atoms with E-state index in [1.165, 1.54) is 31.4 Å². The Balaban J connectivity index is 1.33. The normalized spacial score (nSPS) is 10.9. The maximum Gasteiger partial charge on any atom is 0.326 e. The summed E-state index contributed by atoms with van der Waals surface area (Å²) < 4.78 is 22.3. The molecule has 3 aromatic heterocycles. The van der Waals surface area contributed by atoms with E-state index in [-0.39, 0.29) is 34.9 Å². The average Bonchev–Trinajstić information content (AvgIpc) is 3.38. The number of hydrogen-bond donors (Lipinski definition) is 3. The maximum absolute atomic E-state index is 14.9. The minimum Gasteiger partial charge on any atom is -0.457 e. The summed E-state index contributed by atoms with van der Waals surface area (Å²) in [5, 5.41) is 8.67. The molecule has 3 N–H and O–H groups in total. The molecular weight excluding hydrogens is 513 g/mol. The molecule has 0 saturated heterocycles. The number of urea groups is 1. The summed E-state index contributed by atoms with van der Waals surface area (Å²) >= 11 is 0. The van der Waals surface area contributed by atoms with E-state index in [0.717, 1.165) is 28.4 Å². The lowest BCUT2D eigenvalue weighted by atomic mass is 10.1. The number of nitrogens with zero attached hydrogens (tertiary/aromatic N) is 4. The zero-order chi connectivity index (χ0) is 28.2.